The molecule has 7 nitrogen and oxygen atoms in total. The molecular formula is C20H22ClN3O4. The summed E-state index contributed by atoms with van der Waals surface area (Å²) >= 11 is 6.02. The van der Waals surface area contributed by atoms with Crippen LogP contribution in [-0.4, -0.2) is 32.2 Å². The number of amides is 2. The molecule has 0 unspecified atom stereocenters. The lowest BCUT2D eigenvalue weighted by Crippen LogP contribution is -2.20. The van der Waals surface area contributed by atoms with Crippen LogP contribution in [0, 0.1) is 6.92 Å². The van der Waals surface area contributed by atoms with Gasteiger partial charge in [0.1, 0.15) is 0 Å². The van der Waals surface area contributed by atoms with Crippen molar-refractivity contribution in [3.05, 3.63) is 52.5 Å². The number of nitrogens with zero attached hydrogens (tertiary/aromatic N) is 1. The van der Waals surface area contributed by atoms with E-state index in [1.165, 1.54) is 13.3 Å². The van der Waals surface area contributed by atoms with Crippen LogP contribution in [0.5, 0.6) is 11.5 Å². The highest BCUT2D eigenvalue weighted by Crippen LogP contribution is 2.26. The van der Waals surface area contributed by atoms with E-state index in [0.29, 0.717) is 22.2 Å². The second-order valence-electron chi connectivity index (χ2n) is 5.87. The molecule has 2 amide bonds. The van der Waals surface area contributed by atoms with E-state index in [4.69, 9.17) is 21.1 Å². The number of nitrogens with one attached hydrogen (secondary N) is 2. The number of benzene rings is 2. The lowest BCUT2D eigenvalue weighted by atomic mass is 10.2. The van der Waals surface area contributed by atoms with Gasteiger partial charge in [0, 0.05) is 23.6 Å². The van der Waals surface area contributed by atoms with Crippen molar-refractivity contribution in [2.75, 3.05) is 19.5 Å². The van der Waals surface area contributed by atoms with Gasteiger partial charge in [-0.2, -0.15) is 5.10 Å². The molecule has 0 heterocycles. The fourth-order valence-corrected chi connectivity index (χ4v) is 2.53. The average Bonchev–Trinajstić information content (AvgIpc) is 2.69. The summed E-state index contributed by atoms with van der Waals surface area (Å²) in [7, 11) is 3.09. The predicted molar refractivity (Wildman–Crippen MR) is 109 cm³/mol. The molecule has 0 saturated heterocycles. The zero-order valence-electron chi connectivity index (χ0n) is 15.9. The Morgan fingerprint density at radius 3 is 2.50 bits per heavy atom. The van der Waals surface area contributed by atoms with Crippen LogP contribution in [-0.2, 0) is 9.59 Å². The normalized spacial score (nSPS) is 10.6. The molecule has 2 rings (SSSR count). The molecule has 0 atom stereocenters. The standard InChI is InChI=1S/C20H22ClN3O4/c1-13-15(21)5-4-6-16(13)23-19(25)9-10-20(26)24-22-12-14-7-8-17(27-2)18(11-14)28-3/h4-8,11-12H,9-10H2,1-3H3,(H,23,25)(H,24,26)/b22-12-. The first-order valence-corrected chi connectivity index (χ1v) is 8.91. The number of ether oxygens (including phenoxy) is 2. The Balaban J connectivity index is 1.81. The summed E-state index contributed by atoms with van der Waals surface area (Å²) in [6.45, 7) is 1.81. The third-order valence-electron chi connectivity index (χ3n) is 3.93. The molecule has 2 aromatic carbocycles. The second kappa shape index (κ2) is 10.3. The molecule has 8 heteroatoms. The van der Waals surface area contributed by atoms with Crippen molar-refractivity contribution in [2.24, 2.45) is 5.10 Å². The topological polar surface area (TPSA) is 89.0 Å². The smallest absolute Gasteiger partial charge is 0.240 e. The van der Waals surface area contributed by atoms with Crippen molar-refractivity contribution in [3.63, 3.8) is 0 Å². The predicted octanol–water partition coefficient (Wildman–Crippen LogP) is 3.53. The fourth-order valence-electron chi connectivity index (χ4n) is 2.35. The van der Waals surface area contributed by atoms with E-state index in [0.717, 1.165) is 11.1 Å². The highest BCUT2D eigenvalue weighted by molar-refractivity contribution is 6.31. The fraction of sp³-hybridized carbons (Fsp3) is 0.250. The monoisotopic (exact) mass is 403 g/mol. The molecular weight excluding hydrogens is 382 g/mol. The van der Waals surface area contributed by atoms with Gasteiger partial charge in [0.05, 0.1) is 20.4 Å². The van der Waals surface area contributed by atoms with Gasteiger partial charge in [-0.15, -0.1) is 0 Å². The lowest BCUT2D eigenvalue weighted by Gasteiger charge is -2.09. The number of halogens is 1. The van der Waals surface area contributed by atoms with Crippen molar-refractivity contribution in [3.8, 4) is 11.5 Å². The van der Waals surface area contributed by atoms with Crippen LogP contribution in [0.3, 0.4) is 0 Å². The van der Waals surface area contributed by atoms with Crippen LogP contribution in [0.2, 0.25) is 5.02 Å². The first kappa shape index (κ1) is 21.2. The highest BCUT2D eigenvalue weighted by atomic mass is 35.5. The molecule has 0 radical (unpaired) electrons. The van der Waals surface area contributed by atoms with Gasteiger partial charge in [0.25, 0.3) is 0 Å². The summed E-state index contributed by atoms with van der Waals surface area (Å²) in [6, 6.07) is 10.5. The minimum Gasteiger partial charge on any atom is -0.493 e. The molecule has 0 aromatic heterocycles. The van der Waals surface area contributed by atoms with Crippen LogP contribution in [0.15, 0.2) is 41.5 Å². The zero-order chi connectivity index (χ0) is 20.5. The number of anilines is 1. The van der Waals surface area contributed by atoms with Gasteiger partial charge in [-0.25, -0.2) is 5.43 Å². The molecule has 0 fully saturated rings. The molecule has 28 heavy (non-hydrogen) atoms. The summed E-state index contributed by atoms with van der Waals surface area (Å²) in [5.74, 6) is 0.523. The van der Waals surface area contributed by atoms with Gasteiger partial charge in [-0.1, -0.05) is 17.7 Å². The molecule has 0 bridgehead atoms. The Hall–Kier alpha value is -3.06. The Morgan fingerprint density at radius 2 is 1.79 bits per heavy atom. The van der Waals surface area contributed by atoms with Crippen LogP contribution >= 0.6 is 11.6 Å². The number of carbonyl (C=O) groups is 2. The summed E-state index contributed by atoms with van der Waals surface area (Å²) in [5, 5.41) is 7.20. The number of methoxy groups -OCH3 is 2. The van der Waals surface area contributed by atoms with Crippen LogP contribution in [0.4, 0.5) is 5.69 Å². The van der Waals surface area contributed by atoms with Gasteiger partial charge in [-0.05, 0) is 48.4 Å². The van der Waals surface area contributed by atoms with Crippen LogP contribution in [0.1, 0.15) is 24.0 Å². The molecule has 0 saturated carbocycles. The van der Waals surface area contributed by atoms with Crippen LogP contribution < -0.4 is 20.2 Å². The lowest BCUT2D eigenvalue weighted by molar-refractivity contribution is -0.124. The van der Waals surface area contributed by atoms with Crippen LogP contribution in [0.25, 0.3) is 0 Å². The summed E-state index contributed by atoms with van der Waals surface area (Å²) < 4.78 is 10.4. The Kier molecular flexibility index (Phi) is 7.83. The number of carbonyl (C=O) groups excluding carboxylic acids is 2. The largest absolute Gasteiger partial charge is 0.493 e. The van der Waals surface area contributed by atoms with Crippen molar-refractivity contribution in [2.45, 2.75) is 19.8 Å². The maximum atomic E-state index is 12.0. The van der Waals surface area contributed by atoms with E-state index in [9.17, 15) is 9.59 Å². The minimum atomic E-state index is -0.366. The number of hydrogen-bond donors (Lipinski definition) is 2. The van der Waals surface area contributed by atoms with E-state index < -0.39 is 0 Å². The first-order chi connectivity index (χ1) is 13.4. The van der Waals surface area contributed by atoms with E-state index in [-0.39, 0.29) is 24.7 Å². The van der Waals surface area contributed by atoms with Gasteiger partial charge in [0.15, 0.2) is 11.5 Å². The third-order valence-corrected chi connectivity index (χ3v) is 4.34. The molecule has 2 N–H and O–H groups in total. The Bertz CT molecular complexity index is 884. The summed E-state index contributed by atoms with van der Waals surface area (Å²) in [4.78, 5) is 23.9. The minimum absolute atomic E-state index is 0.00865. The third kappa shape index (κ3) is 5.99. The number of hydrazone groups is 1. The number of rotatable bonds is 8. The molecule has 0 spiro atoms. The van der Waals surface area contributed by atoms with E-state index in [2.05, 4.69) is 15.8 Å². The van der Waals surface area contributed by atoms with Crippen molar-refractivity contribution < 1.29 is 19.1 Å². The van der Waals surface area contributed by atoms with Gasteiger partial charge < -0.3 is 14.8 Å². The average molecular weight is 404 g/mol. The molecule has 148 valence electrons. The molecule has 0 aliphatic rings. The van der Waals surface area contributed by atoms with E-state index >= 15 is 0 Å². The van der Waals surface area contributed by atoms with Crippen molar-refractivity contribution >= 4 is 35.3 Å². The number of hydrogen-bond acceptors (Lipinski definition) is 5. The maximum absolute atomic E-state index is 12.0. The SMILES string of the molecule is COc1ccc(/C=N\NC(=O)CCC(=O)Nc2cccc(Cl)c2C)cc1OC. The van der Waals surface area contributed by atoms with Crippen molar-refractivity contribution in [1.82, 2.24) is 5.43 Å². The summed E-state index contributed by atoms with van der Waals surface area (Å²) in [5.41, 5.74) is 4.53. The highest BCUT2D eigenvalue weighted by Gasteiger charge is 2.09. The van der Waals surface area contributed by atoms with E-state index in [1.54, 1.807) is 43.5 Å². The van der Waals surface area contributed by atoms with Crippen molar-refractivity contribution in [1.29, 1.82) is 0 Å². The molecule has 2 aromatic rings. The van der Waals surface area contributed by atoms with Gasteiger partial charge >= 0.3 is 0 Å². The summed E-state index contributed by atoms with van der Waals surface area (Å²) in [6.07, 6.45) is 1.52. The zero-order valence-corrected chi connectivity index (χ0v) is 16.7. The first-order valence-electron chi connectivity index (χ1n) is 8.53. The Morgan fingerprint density at radius 1 is 1.07 bits per heavy atom. The van der Waals surface area contributed by atoms with E-state index in [1.807, 2.05) is 6.92 Å². The quantitative estimate of drug-likeness (QED) is 0.521. The maximum Gasteiger partial charge on any atom is 0.240 e. The second-order valence-corrected chi connectivity index (χ2v) is 6.28. The molecule has 0 aliphatic heterocycles. The Labute approximate surface area is 168 Å². The van der Waals surface area contributed by atoms with Gasteiger partial charge in [0.2, 0.25) is 11.8 Å². The molecule has 0 aliphatic carbocycles. The van der Waals surface area contributed by atoms with Gasteiger partial charge in [-0.3, -0.25) is 9.59 Å².